The van der Waals surface area contributed by atoms with Crippen molar-refractivity contribution in [1.29, 1.82) is 0 Å². The molecular formula is C27H21N3O3S2. The molecular weight excluding hydrogens is 478 g/mol. The molecule has 0 radical (unpaired) electrons. The molecule has 0 spiro atoms. The van der Waals surface area contributed by atoms with Crippen molar-refractivity contribution in [3.8, 4) is 11.3 Å². The lowest BCUT2D eigenvalue weighted by molar-refractivity contribution is 0.102. The molecule has 0 saturated heterocycles. The van der Waals surface area contributed by atoms with Crippen LogP contribution < -0.4 is 10.0 Å². The van der Waals surface area contributed by atoms with E-state index in [1.807, 2.05) is 30.5 Å². The van der Waals surface area contributed by atoms with Crippen molar-refractivity contribution in [3.63, 3.8) is 0 Å². The summed E-state index contributed by atoms with van der Waals surface area (Å²) in [6.07, 6.45) is 0. The Kier molecular flexibility index (Phi) is 6.07. The maximum Gasteiger partial charge on any atom is 0.261 e. The predicted molar refractivity (Wildman–Crippen MR) is 141 cm³/mol. The Morgan fingerprint density at radius 3 is 2.31 bits per heavy atom. The first-order valence-electron chi connectivity index (χ1n) is 10.8. The van der Waals surface area contributed by atoms with Crippen molar-refractivity contribution in [2.75, 3.05) is 10.0 Å². The number of thiazole rings is 1. The van der Waals surface area contributed by atoms with E-state index in [-0.39, 0.29) is 10.8 Å². The van der Waals surface area contributed by atoms with Crippen molar-refractivity contribution in [2.24, 2.45) is 0 Å². The maximum atomic E-state index is 12.7. The number of anilines is 2. The largest absolute Gasteiger partial charge is 0.298 e. The lowest BCUT2D eigenvalue weighted by atomic mass is 10.1. The number of carbonyl (C=O) groups excluding carboxylic acids is 1. The summed E-state index contributed by atoms with van der Waals surface area (Å²) in [5.41, 5.74) is 3.51. The molecule has 0 unspecified atom stereocenters. The van der Waals surface area contributed by atoms with Gasteiger partial charge in [0.1, 0.15) is 0 Å². The van der Waals surface area contributed by atoms with Gasteiger partial charge in [-0.25, -0.2) is 13.4 Å². The van der Waals surface area contributed by atoms with E-state index in [0.717, 1.165) is 27.6 Å². The zero-order valence-electron chi connectivity index (χ0n) is 18.7. The second-order valence-electron chi connectivity index (χ2n) is 8.05. The molecule has 1 amide bonds. The molecule has 0 aliphatic rings. The van der Waals surface area contributed by atoms with Gasteiger partial charge in [-0.15, -0.1) is 11.3 Å². The number of carbonyl (C=O) groups is 1. The summed E-state index contributed by atoms with van der Waals surface area (Å²) < 4.78 is 27.7. The van der Waals surface area contributed by atoms with E-state index in [1.165, 1.54) is 11.3 Å². The summed E-state index contributed by atoms with van der Waals surface area (Å²) in [4.78, 5) is 17.4. The van der Waals surface area contributed by atoms with Crippen molar-refractivity contribution >= 4 is 48.9 Å². The topological polar surface area (TPSA) is 88.2 Å². The molecule has 5 rings (SSSR count). The number of nitrogens with one attached hydrogen (secondary N) is 2. The van der Waals surface area contributed by atoms with E-state index in [0.29, 0.717) is 16.4 Å². The van der Waals surface area contributed by atoms with Crippen molar-refractivity contribution in [1.82, 2.24) is 4.98 Å². The number of sulfonamides is 1. The van der Waals surface area contributed by atoms with Gasteiger partial charge in [0.25, 0.3) is 15.9 Å². The first-order chi connectivity index (χ1) is 16.9. The van der Waals surface area contributed by atoms with Gasteiger partial charge in [-0.2, -0.15) is 0 Å². The minimum absolute atomic E-state index is 0.177. The summed E-state index contributed by atoms with van der Waals surface area (Å²) in [6.45, 7) is 1.89. The third-order valence-corrected chi connectivity index (χ3v) is 7.66. The van der Waals surface area contributed by atoms with E-state index < -0.39 is 10.0 Å². The molecule has 0 fully saturated rings. The molecule has 0 bridgehead atoms. The summed E-state index contributed by atoms with van der Waals surface area (Å²) in [5, 5.41) is 7.49. The highest BCUT2D eigenvalue weighted by Gasteiger charge is 2.15. The zero-order chi connectivity index (χ0) is 24.4. The van der Waals surface area contributed by atoms with Crippen molar-refractivity contribution in [3.05, 3.63) is 108 Å². The Labute approximate surface area is 207 Å². The fourth-order valence-electron chi connectivity index (χ4n) is 3.60. The van der Waals surface area contributed by atoms with Crippen LogP contribution >= 0.6 is 11.3 Å². The molecule has 1 heterocycles. The van der Waals surface area contributed by atoms with Crippen LogP contribution in [0.15, 0.2) is 101 Å². The molecule has 8 heteroatoms. The van der Waals surface area contributed by atoms with E-state index >= 15 is 0 Å². The van der Waals surface area contributed by atoms with E-state index in [2.05, 4.69) is 39.3 Å². The van der Waals surface area contributed by atoms with Gasteiger partial charge in [0.2, 0.25) is 0 Å². The van der Waals surface area contributed by atoms with Crippen LogP contribution in [0, 0.1) is 6.92 Å². The summed E-state index contributed by atoms with van der Waals surface area (Å²) in [6, 6.07) is 27.1. The van der Waals surface area contributed by atoms with E-state index in [9.17, 15) is 13.2 Å². The minimum Gasteiger partial charge on any atom is -0.298 e. The second kappa shape index (κ2) is 9.32. The highest BCUT2D eigenvalue weighted by atomic mass is 32.2. The lowest BCUT2D eigenvalue weighted by Crippen LogP contribution is -2.14. The van der Waals surface area contributed by atoms with Gasteiger partial charge in [-0.3, -0.25) is 14.8 Å². The highest BCUT2D eigenvalue weighted by Crippen LogP contribution is 2.28. The first-order valence-corrected chi connectivity index (χ1v) is 13.2. The van der Waals surface area contributed by atoms with Crippen molar-refractivity contribution in [2.45, 2.75) is 11.8 Å². The van der Waals surface area contributed by atoms with Crippen LogP contribution in [0.2, 0.25) is 0 Å². The number of hydrogen-bond donors (Lipinski definition) is 2. The van der Waals surface area contributed by atoms with Gasteiger partial charge in [0.15, 0.2) is 5.13 Å². The number of nitrogens with zero attached hydrogens (tertiary/aromatic N) is 1. The van der Waals surface area contributed by atoms with Gasteiger partial charge >= 0.3 is 0 Å². The van der Waals surface area contributed by atoms with Gasteiger partial charge in [-0.1, -0.05) is 54.1 Å². The molecule has 0 atom stereocenters. The summed E-state index contributed by atoms with van der Waals surface area (Å²) >= 11 is 1.35. The highest BCUT2D eigenvalue weighted by molar-refractivity contribution is 7.92. The number of rotatable bonds is 6. The number of amides is 1. The number of aromatic nitrogens is 1. The number of hydrogen-bond acceptors (Lipinski definition) is 5. The van der Waals surface area contributed by atoms with E-state index in [1.54, 1.807) is 48.5 Å². The van der Waals surface area contributed by atoms with Crippen LogP contribution in [0.5, 0.6) is 0 Å². The van der Waals surface area contributed by atoms with Crippen molar-refractivity contribution < 1.29 is 13.2 Å². The predicted octanol–water partition coefficient (Wildman–Crippen LogP) is 6.32. The molecule has 1 aromatic heterocycles. The number of fused-ring (bicyclic) bond motifs is 1. The quantitative estimate of drug-likeness (QED) is 0.286. The molecule has 2 N–H and O–H groups in total. The zero-order valence-corrected chi connectivity index (χ0v) is 20.4. The average molecular weight is 500 g/mol. The third kappa shape index (κ3) is 5.08. The van der Waals surface area contributed by atoms with E-state index in [4.69, 9.17) is 0 Å². The second-order valence-corrected chi connectivity index (χ2v) is 10.6. The first kappa shape index (κ1) is 22.8. The Hall–Kier alpha value is -4.01. The standard InChI is InChI=1S/C27H21N3O3S2/c1-18-6-14-24(15-7-18)35(32,33)30-23-12-10-20(11-13-23)26(31)29-27-28-25(17-34-27)22-9-8-19-4-2-3-5-21(19)16-22/h2-17,30H,1H3,(H,28,29,31). The normalized spacial score (nSPS) is 11.3. The third-order valence-electron chi connectivity index (χ3n) is 5.50. The molecule has 0 aliphatic carbocycles. The molecule has 4 aromatic carbocycles. The fourth-order valence-corrected chi connectivity index (χ4v) is 5.38. The maximum absolute atomic E-state index is 12.7. The Morgan fingerprint density at radius 1 is 0.857 bits per heavy atom. The van der Waals surface area contributed by atoms with Crippen LogP contribution in [-0.4, -0.2) is 19.3 Å². The lowest BCUT2D eigenvalue weighted by Gasteiger charge is -2.09. The molecule has 0 aliphatic heterocycles. The average Bonchev–Trinajstić information content (AvgIpc) is 3.32. The van der Waals surface area contributed by atoms with Gasteiger partial charge < -0.3 is 0 Å². The van der Waals surface area contributed by atoms with Crippen LogP contribution in [-0.2, 0) is 10.0 Å². The van der Waals surface area contributed by atoms with Gasteiger partial charge in [0, 0.05) is 22.2 Å². The fraction of sp³-hybridized carbons (Fsp3) is 0.0370. The molecule has 174 valence electrons. The van der Waals surface area contributed by atoms with Crippen LogP contribution in [0.4, 0.5) is 10.8 Å². The molecule has 5 aromatic rings. The molecule has 6 nitrogen and oxygen atoms in total. The SMILES string of the molecule is Cc1ccc(S(=O)(=O)Nc2ccc(C(=O)Nc3nc(-c4ccc5ccccc5c4)cs3)cc2)cc1. The monoisotopic (exact) mass is 499 g/mol. The Bertz CT molecular complexity index is 1620. The van der Waals surface area contributed by atoms with Crippen LogP contribution in [0.25, 0.3) is 22.0 Å². The summed E-state index contributed by atoms with van der Waals surface area (Å²) in [7, 11) is -3.71. The number of benzene rings is 4. The Balaban J connectivity index is 1.26. The van der Waals surface area contributed by atoms with Gasteiger partial charge in [-0.05, 0) is 60.2 Å². The smallest absolute Gasteiger partial charge is 0.261 e. The van der Waals surface area contributed by atoms with Gasteiger partial charge in [0.05, 0.1) is 10.6 Å². The molecule has 35 heavy (non-hydrogen) atoms. The Morgan fingerprint density at radius 2 is 1.57 bits per heavy atom. The minimum atomic E-state index is -3.71. The summed E-state index contributed by atoms with van der Waals surface area (Å²) in [5.74, 6) is -0.322. The van der Waals surface area contributed by atoms with Crippen LogP contribution in [0.3, 0.4) is 0 Å². The number of aryl methyl sites for hydroxylation is 1. The van der Waals surface area contributed by atoms with Crippen LogP contribution in [0.1, 0.15) is 15.9 Å². The molecule has 0 saturated carbocycles.